The van der Waals surface area contributed by atoms with Crippen molar-refractivity contribution in [1.82, 2.24) is 10.3 Å². The summed E-state index contributed by atoms with van der Waals surface area (Å²) in [6.07, 6.45) is 3.43. The Morgan fingerprint density at radius 3 is 2.81 bits per heavy atom. The minimum atomic E-state index is 0.500. The highest BCUT2D eigenvalue weighted by Gasteiger charge is 2.19. The molecule has 1 aromatic heterocycles. The number of fused-ring (bicyclic) bond motifs is 1. The first kappa shape index (κ1) is 11.1. The SMILES string of the molecule is CF.c1ccc2c(C3CCNC3)c[nH]c2c1. The minimum Gasteiger partial charge on any atom is -0.361 e. The van der Waals surface area contributed by atoms with E-state index in [9.17, 15) is 4.39 Å². The fourth-order valence-electron chi connectivity index (χ4n) is 2.35. The van der Waals surface area contributed by atoms with E-state index >= 15 is 0 Å². The molecule has 0 amide bonds. The molecule has 0 radical (unpaired) electrons. The van der Waals surface area contributed by atoms with Crippen LogP contribution in [0.25, 0.3) is 10.9 Å². The van der Waals surface area contributed by atoms with Crippen LogP contribution in [0.4, 0.5) is 4.39 Å². The zero-order valence-electron chi connectivity index (χ0n) is 9.46. The average molecular weight is 220 g/mol. The molecule has 2 N–H and O–H groups in total. The van der Waals surface area contributed by atoms with Gasteiger partial charge in [-0.05, 0) is 30.5 Å². The van der Waals surface area contributed by atoms with E-state index in [-0.39, 0.29) is 0 Å². The van der Waals surface area contributed by atoms with E-state index in [2.05, 4.69) is 40.8 Å². The molecule has 1 unspecified atom stereocenters. The summed E-state index contributed by atoms with van der Waals surface area (Å²) < 4.78 is 9.50. The van der Waals surface area contributed by atoms with Gasteiger partial charge in [-0.3, -0.25) is 4.39 Å². The Morgan fingerprint density at radius 2 is 2.06 bits per heavy atom. The molecule has 2 aromatic rings. The molecule has 1 aromatic carbocycles. The summed E-state index contributed by atoms with van der Waals surface area (Å²) in [4.78, 5) is 3.34. The van der Waals surface area contributed by atoms with Gasteiger partial charge in [0, 0.05) is 23.6 Å². The number of hydrogen-bond donors (Lipinski definition) is 2. The molecular formula is C13H17FN2. The van der Waals surface area contributed by atoms with Gasteiger partial charge in [0.2, 0.25) is 0 Å². The molecule has 0 spiro atoms. The Labute approximate surface area is 94.9 Å². The van der Waals surface area contributed by atoms with E-state index in [4.69, 9.17) is 0 Å². The van der Waals surface area contributed by atoms with Crippen LogP contribution in [0.3, 0.4) is 0 Å². The highest BCUT2D eigenvalue weighted by molar-refractivity contribution is 5.83. The normalized spacial score (nSPS) is 19.5. The van der Waals surface area contributed by atoms with Crippen molar-refractivity contribution in [3.8, 4) is 0 Å². The number of rotatable bonds is 1. The predicted octanol–water partition coefficient (Wildman–Crippen LogP) is 2.83. The van der Waals surface area contributed by atoms with E-state index in [1.165, 1.54) is 22.9 Å². The summed E-state index contributed by atoms with van der Waals surface area (Å²) in [7, 11) is 0.500. The van der Waals surface area contributed by atoms with Gasteiger partial charge in [-0.1, -0.05) is 18.2 Å². The van der Waals surface area contributed by atoms with E-state index in [1.54, 1.807) is 0 Å². The third kappa shape index (κ3) is 1.95. The first-order valence-electron chi connectivity index (χ1n) is 5.59. The highest BCUT2D eigenvalue weighted by atomic mass is 19.1. The van der Waals surface area contributed by atoms with Gasteiger partial charge < -0.3 is 10.3 Å². The maximum atomic E-state index is 9.50. The number of para-hydroxylation sites is 1. The Hall–Kier alpha value is -1.35. The smallest absolute Gasteiger partial charge is 0.0785 e. The lowest BCUT2D eigenvalue weighted by molar-refractivity contribution is 0.636. The third-order valence-electron chi connectivity index (χ3n) is 3.12. The lowest BCUT2D eigenvalue weighted by Crippen LogP contribution is -2.07. The summed E-state index contributed by atoms with van der Waals surface area (Å²) in [5.41, 5.74) is 2.74. The Bertz CT molecular complexity index is 444. The van der Waals surface area contributed by atoms with Crippen molar-refractivity contribution in [2.45, 2.75) is 12.3 Å². The van der Waals surface area contributed by atoms with Gasteiger partial charge in [0.25, 0.3) is 0 Å². The van der Waals surface area contributed by atoms with Gasteiger partial charge in [-0.25, -0.2) is 0 Å². The number of benzene rings is 1. The molecule has 86 valence electrons. The Kier molecular flexibility index (Phi) is 3.57. The Morgan fingerprint density at radius 1 is 1.25 bits per heavy atom. The van der Waals surface area contributed by atoms with Crippen LogP contribution in [0.1, 0.15) is 17.9 Å². The van der Waals surface area contributed by atoms with Crippen molar-refractivity contribution in [2.24, 2.45) is 0 Å². The molecule has 0 bridgehead atoms. The van der Waals surface area contributed by atoms with Gasteiger partial charge in [0.05, 0.1) is 7.18 Å². The van der Waals surface area contributed by atoms with E-state index < -0.39 is 0 Å². The number of halogens is 1. The monoisotopic (exact) mass is 220 g/mol. The van der Waals surface area contributed by atoms with E-state index in [1.807, 2.05) is 0 Å². The lowest BCUT2D eigenvalue weighted by atomic mass is 9.98. The van der Waals surface area contributed by atoms with Crippen LogP contribution in [0.15, 0.2) is 30.5 Å². The molecule has 2 heterocycles. The number of H-pyrrole nitrogens is 1. The summed E-state index contributed by atoms with van der Waals surface area (Å²) >= 11 is 0. The van der Waals surface area contributed by atoms with Crippen molar-refractivity contribution >= 4 is 10.9 Å². The maximum absolute atomic E-state index is 9.50. The minimum absolute atomic E-state index is 0.500. The molecule has 1 fully saturated rings. The molecule has 1 aliphatic heterocycles. The van der Waals surface area contributed by atoms with Crippen LogP contribution in [0, 0.1) is 0 Å². The summed E-state index contributed by atoms with van der Waals surface area (Å²) in [6.45, 7) is 2.28. The van der Waals surface area contributed by atoms with Crippen molar-refractivity contribution in [3.05, 3.63) is 36.0 Å². The lowest BCUT2D eigenvalue weighted by Gasteiger charge is -2.05. The number of nitrogens with one attached hydrogen (secondary N) is 2. The predicted molar refractivity (Wildman–Crippen MR) is 65.6 cm³/mol. The van der Waals surface area contributed by atoms with Crippen LogP contribution in [0.5, 0.6) is 0 Å². The first-order chi connectivity index (χ1) is 7.95. The van der Waals surface area contributed by atoms with E-state index in [0.29, 0.717) is 13.1 Å². The van der Waals surface area contributed by atoms with Crippen LogP contribution in [0.2, 0.25) is 0 Å². The zero-order chi connectivity index (χ0) is 11.4. The zero-order valence-corrected chi connectivity index (χ0v) is 9.46. The molecule has 1 saturated heterocycles. The fourth-order valence-corrected chi connectivity index (χ4v) is 2.35. The van der Waals surface area contributed by atoms with Crippen LogP contribution < -0.4 is 5.32 Å². The molecule has 3 rings (SSSR count). The molecule has 16 heavy (non-hydrogen) atoms. The summed E-state index contributed by atoms with van der Waals surface area (Å²) in [5, 5.41) is 4.80. The average Bonchev–Trinajstić information content (AvgIpc) is 3.00. The molecule has 2 nitrogen and oxygen atoms in total. The van der Waals surface area contributed by atoms with Gasteiger partial charge in [-0.2, -0.15) is 0 Å². The second kappa shape index (κ2) is 5.12. The van der Waals surface area contributed by atoms with Crippen molar-refractivity contribution < 1.29 is 4.39 Å². The van der Waals surface area contributed by atoms with Gasteiger partial charge >= 0.3 is 0 Å². The maximum Gasteiger partial charge on any atom is 0.0785 e. The fraction of sp³-hybridized carbons (Fsp3) is 0.385. The quantitative estimate of drug-likeness (QED) is 0.760. The topological polar surface area (TPSA) is 27.8 Å². The third-order valence-corrected chi connectivity index (χ3v) is 3.12. The number of aromatic amines is 1. The van der Waals surface area contributed by atoms with E-state index in [0.717, 1.165) is 13.1 Å². The van der Waals surface area contributed by atoms with Crippen molar-refractivity contribution in [2.75, 3.05) is 20.3 Å². The van der Waals surface area contributed by atoms with Crippen molar-refractivity contribution in [3.63, 3.8) is 0 Å². The molecular weight excluding hydrogens is 203 g/mol. The second-order valence-electron chi connectivity index (χ2n) is 3.98. The van der Waals surface area contributed by atoms with Crippen molar-refractivity contribution in [1.29, 1.82) is 0 Å². The number of aromatic nitrogens is 1. The second-order valence-corrected chi connectivity index (χ2v) is 3.98. The molecule has 1 atom stereocenters. The van der Waals surface area contributed by atoms with Crippen LogP contribution >= 0.6 is 0 Å². The first-order valence-corrected chi connectivity index (χ1v) is 5.59. The summed E-state index contributed by atoms with van der Waals surface area (Å²) in [5.74, 6) is 0.700. The Balaban J connectivity index is 0.000000457. The standard InChI is InChI=1S/C12H14N2.CH3F/c1-2-4-12-10(3-1)11(8-14-12)9-5-6-13-7-9;1-2/h1-4,8-9,13-14H,5-7H2;1H3. The molecule has 3 heteroatoms. The molecule has 0 saturated carbocycles. The largest absolute Gasteiger partial charge is 0.361 e. The summed E-state index contributed by atoms with van der Waals surface area (Å²) in [6, 6.07) is 8.54. The van der Waals surface area contributed by atoms with Gasteiger partial charge in [0.15, 0.2) is 0 Å². The van der Waals surface area contributed by atoms with Crippen LogP contribution in [-0.2, 0) is 0 Å². The number of hydrogen-bond acceptors (Lipinski definition) is 1. The molecule has 1 aliphatic rings. The van der Waals surface area contributed by atoms with Gasteiger partial charge in [0.1, 0.15) is 0 Å². The van der Waals surface area contributed by atoms with Gasteiger partial charge in [-0.15, -0.1) is 0 Å². The highest BCUT2D eigenvalue weighted by Crippen LogP contribution is 2.28. The molecule has 0 aliphatic carbocycles. The van der Waals surface area contributed by atoms with Crippen LogP contribution in [-0.4, -0.2) is 25.3 Å². The number of alkyl halides is 1.